The van der Waals surface area contributed by atoms with Gasteiger partial charge in [-0.1, -0.05) is 68.4 Å². The molecule has 0 amide bonds. The summed E-state index contributed by atoms with van der Waals surface area (Å²) in [5, 5.41) is 2.32. The van der Waals surface area contributed by atoms with Gasteiger partial charge in [0.1, 0.15) is 11.2 Å². The van der Waals surface area contributed by atoms with Crippen molar-refractivity contribution in [3.8, 4) is 22.4 Å². The number of benzene rings is 3. The molecule has 0 saturated heterocycles. The summed E-state index contributed by atoms with van der Waals surface area (Å²) in [7, 11) is 0. The van der Waals surface area contributed by atoms with Crippen LogP contribution in [0.15, 0.2) is 71.3 Å². The van der Waals surface area contributed by atoms with Crippen molar-refractivity contribution in [3.63, 3.8) is 0 Å². The van der Waals surface area contributed by atoms with E-state index < -0.39 is 0 Å². The summed E-state index contributed by atoms with van der Waals surface area (Å²) in [6.45, 7) is 8.80. The number of pyridine rings is 1. The van der Waals surface area contributed by atoms with Crippen molar-refractivity contribution in [3.05, 3.63) is 89.1 Å². The Bertz CT molecular complexity index is 1470. The highest BCUT2D eigenvalue weighted by Gasteiger charge is 2.37. The minimum Gasteiger partial charge on any atom is -0.455 e. The van der Waals surface area contributed by atoms with Gasteiger partial charge in [0.25, 0.3) is 0 Å². The van der Waals surface area contributed by atoms with Crippen LogP contribution >= 0.6 is 0 Å². The number of nitrogens with zero attached hydrogens (tertiary/aromatic N) is 1. The van der Waals surface area contributed by atoms with Gasteiger partial charge >= 0.3 is 0 Å². The highest BCUT2D eigenvalue weighted by molar-refractivity contribution is 6.14. The summed E-state index contributed by atoms with van der Waals surface area (Å²) in [5.41, 5.74) is 11.5. The molecule has 0 spiro atoms. The Hall–Kier alpha value is -3.39. The van der Waals surface area contributed by atoms with Crippen LogP contribution in [0.5, 0.6) is 0 Å². The predicted molar refractivity (Wildman–Crippen MR) is 124 cm³/mol. The predicted octanol–water partition coefficient (Wildman–Crippen LogP) is 7.57. The summed E-state index contributed by atoms with van der Waals surface area (Å²) in [5.74, 6) is 0. The summed E-state index contributed by atoms with van der Waals surface area (Å²) < 4.78 is 6.70. The van der Waals surface area contributed by atoms with Crippen LogP contribution in [0.1, 0.15) is 36.1 Å². The van der Waals surface area contributed by atoms with E-state index in [4.69, 9.17) is 9.40 Å². The molecule has 0 aliphatic heterocycles. The third-order valence-corrected chi connectivity index (χ3v) is 6.73. The molecule has 3 aromatic carbocycles. The number of furan rings is 1. The van der Waals surface area contributed by atoms with Gasteiger partial charge in [0.15, 0.2) is 0 Å². The van der Waals surface area contributed by atoms with E-state index in [0.717, 1.165) is 33.4 Å². The first-order valence-electron chi connectivity index (χ1n) is 10.5. The monoisotopic (exact) mass is 389 g/mol. The number of hydrogen-bond acceptors (Lipinski definition) is 2. The third-order valence-electron chi connectivity index (χ3n) is 6.73. The van der Waals surface area contributed by atoms with Gasteiger partial charge in [0.2, 0.25) is 0 Å². The molecule has 2 heterocycles. The maximum absolute atomic E-state index is 6.70. The molecule has 0 saturated carbocycles. The van der Waals surface area contributed by atoms with Gasteiger partial charge in [-0.2, -0.15) is 0 Å². The molecule has 0 unspecified atom stereocenters. The van der Waals surface area contributed by atoms with Crippen molar-refractivity contribution >= 4 is 21.9 Å². The second kappa shape index (κ2) is 5.82. The van der Waals surface area contributed by atoms with Gasteiger partial charge in [-0.3, -0.25) is 4.98 Å². The molecule has 5 aromatic rings. The van der Waals surface area contributed by atoms with Crippen LogP contribution in [0.4, 0.5) is 0 Å². The van der Waals surface area contributed by atoms with Crippen LogP contribution in [-0.2, 0) is 5.41 Å². The average molecular weight is 389 g/mol. The Balaban J connectivity index is 1.74. The molecular formula is C28H23NO. The van der Waals surface area contributed by atoms with Gasteiger partial charge < -0.3 is 4.42 Å². The summed E-state index contributed by atoms with van der Waals surface area (Å²) in [6.07, 6.45) is 1.92. The zero-order valence-electron chi connectivity index (χ0n) is 17.7. The number of aryl methyl sites for hydroxylation is 2. The average Bonchev–Trinajstić information content (AvgIpc) is 3.22. The quantitative estimate of drug-likeness (QED) is 0.295. The van der Waals surface area contributed by atoms with Crippen molar-refractivity contribution in [2.45, 2.75) is 33.1 Å². The van der Waals surface area contributed by atoms with E-state index in [1.165, 1.54) is 33.2 Å². The molecule has 1 aliphatic carbocycles. The molecule has 0 bridgehead atoms. The fourth-order valence-electron chi connectivity index (χ4n) is 5.12. The van der Waals surface area contributed by atoms with Gasteiger partial charge in [0.05, 0.1) is 5.69 Å². The van der Waals surface area contributed by atoms with E-state index in [2.05, 4.69) is 88.4 Å². The molecule has 2 nitrogen and oxygen atoms in total. The fraction of sp³-hybridized carbons (Fsp3) is 0.179. The van der Waals surface area contributed by atoms with Crippen molar-refractivity contribution in [2.24, 2.45) is 0 Å². The second-order valence-corrected chi connectivity index (χ2v) is 8.99. The van der Waals surface area contributed by atoms with Crippen LogP contribution in [0.3, 0.4) is 0 Å². The van der Waals surface area contributed by atoms with Gasteiger partial charge in [-0.25, -0.2) is 0 Å². The van der Waals surface area contributed by atoms with Crippen LogP contribution < -0.4 is 0 Å². The fourth-order valence-corrected chi connectivity index (χ4v) is 5.12. The Morgan fingerprint density at radius 1 is 0.733 bits per heavy atom. The van der Waals surface area contributed by atoms with Crippen LogP contribution in [-0.4, -0.2) is 4.98 Å². The standard InChI is InChI=1S/C28H23NO/c1-16-9-14-23(29-15-16)24-17(2)10-11-18-19-12-13-22-25(27(19)30-26(18)24)20-7-5-6-8-21(20)28(22,3)4/h5-15H,1-4H3. The summed E-state index contributed by atoms with van der Waals surface area (Å²) in [4.78, 5) is 4.70. The molecule has 2 aromatic heterocycles. The van der Waals surface area contributed by atoms with E-state index in [-0.39, 0.29) is 5.41 Å². The van der Waals surface area contributed by atoms with E-state index in [0.29, 0.717) is 0 Å². The summed E-state index contributed by atoms with van der Waals surface area (Å²) in [6, 6.07) is 21.8. The number of aromatic nitrogens is 1. The molecule has 0 radical (unpaired) electrons. The molecular weight excluding hydrogens is 366 g/mol. The van der Waals surface area contributed by atoms with Gasteiger partial charge in [-0.05, 0) is 47.7 Å². The molecule has 1 aliphatic rings. The Kier molecular flexibility index (Phi) is 3.39. The van der Waals surface area contributed by atoms with E-state index in [9.17, 15) is 0 Å². The zero-order chi connectivity index (χ0) is 20.6. The van der Waals surface area contributed by atoms with E-state index >= 15 is 0 Å². The molecule has 2 heteroatoms. The lowest BCUT2D eigenvalue weighted by molar-refractivity contribution is 0.653. The number of fused-ring (bicyclic) bond motifs is 7. The number of rotatable bonds is 1. The van der Waals surface area contributed by atoms with Crippen LogP contribution in [0.2, 0.25) is 0 Å². The maximum atomic E-state index is 6.70. The van der Waals surface area contributed by atoms with Gasteiger partial charge in [0, 0.05) is 33.5 Å². The second-order valence-electron chi connectivity index (χ2n) is 8.99. The van der Waals surface area contributed by atoms with Crippen molar-refractivity contribution in [1.29, 1.82) is 0 Å². The van der Waals surface area contributed by atoms with Crippen molar-refractivity contribution < 1.29 is 4.42 Å². The first-order valence-corrected chi connectivity index (χ1v) is 10.5. The Labute approximate surface area is 176 Å². The normalized spacial score (nSPS) is 14.3. The molecule has 30 heavy (non-hydrogen) atoms. The highest BCUT2D eigenvalue weighted by Crippen LogP contribution is 2.52. The zero-order valence-corrected chi connectivity index (χ0v) is 17.7. The first-order chi connectivity index (χ1) is 14.5. The molecule has 146 valence electrons. The molecule has 0 fully saturated rings. The lowest BCUT2D eigenvalue weighted by Gasteiger charge is -2.21. The van der Waals surface area contributed by atoms with Crippen molar-refractivity contribution in [2.75, 3.05) is 0 Å². The minimum atomic E-state index is -0.0314. The third kappa shape index (κ3) is 2.16. The first kappa shape index (κ1) is 17.5. The van der Waals surface area contributed by atoms with E-state index in [1.807, 2.05) is 6.20 Å². The Morgan fingerprint density at radius 3 is 2.23 bits per heavy atom. The largest absolute Gasteiger partial charge is 0.455 e. The minimum absolute atomic E-state index is 0.0314. The molecule has 0 N–H and O–H groups in total. The lowest BCUT2D eigenvalue weighted by Crippen LogP contribution is -2.14. The maximum Gasteiger partial charge on any atom is 0.145 e. The van der Waals surface area contributed by atoms with E-state index in [1.54, 1.807) is 0 Å². The van der Waals surface area contributed by atoms with Gasteiger partial charge in [-0.15, -0.1) is 0 Å². The highest BCUT2D eigenvalue weighted by atomic mass is 16.3. The van der Waals surface area contributed by atoms with Crippen molar-refractivity contribution in [1.82, 2.24) is 4.98 Å². The SMILES string of the molecule is Cc1ccc(-c2c(C)ccc3c2oc2c4c(ccc23)C(C)(C)c2ccccc2-4)nc1. The number of hydrogen-bond donors (Lipinski definition) is 0. The topological polar surface area (TPSA) is 26.0 Å². The van der Waals surface area contributed by atoms with Crippen LogP contribution in [0.25, 0.3) is 44.3 Å². The smallest absolute Gasteiger partial charge is 0.145 e. The van der Waals surface area contributed by atoms with Crippen LogP contribution in [0, 0.1) is 13.8 Å². The Morgan fingerprint density at radius 2 is 1.47 bits per heavy atom. The summed E-state index contributed by atoms with van der Waals surface area (Å²) >= 11 is 0. The lowest BCUT2D eigenvalue weighted by atomic mass is 9.82. The molecule has 6 rings (SSSR count). The molecule has 0 atom stereocenters.